The molecule has 3 aliphatic heterocycles. The van der Waals surface area contributed by atoms with Crippen LogP contribution in [-0.4, -0.2) is 19.8 Å². The minimum Gasteiger partial charge on any atom is -0.286 e. The predicted octanol–water partition coefficient (Wildman–Crippen LogP) is 2.20. The highest BCUT2D eigenvalue weighted by Crippen LogP contribution is 2.61. The molecule has 76 valence electrons. The first kappa shape index (κ1) is 9.66. The Kier molecular flexibility index (Phi) is 2.27. The summed E-state index contributed by atoms with van der Waals surface area (Å²) in [6, 6.07) is 0. The monoisotopic (exact) mass is 206 g/mol. The Hall–Kier alpha value is 0.110. The Morgan fingerprint density at radius 2 is 1.69 bits per heavy atom. The molecular formula is C8H15O4P. The third-order valence-corrected chi connectivity index (χ3v) is 3.76. The number of phosphoric acid groups is 1. The van der Waals surface area contributed by atoms with Crippen molar-refractivity contribution < 1.29 is 18.1 Å². The molecule has 3 heterocycles. The maximum absolute atomic E-state index is 11.4. The second-order valence-electron chi connectivity index (χ2n) is 4.37. The van der Waals surface area contributed by atoms with Crippen LogP contribution in [0.3, 0.4) is 0 Å². The van der Waals surface area contributed by atoms with E-state index in [0.29, 0.717) is 25.7 Å². The van der Waals surface area contributed by atoms with Crippen LogP contribution in [-0.2, 0) is 18.1 Å². The van der Waals surface area contributed by atoms with E-state index < -0.39 is 7.82 Å². The van der Waals surface area contributed by atoms with E-state index >= 15 is 0 Å². The van der Waals surface area contributed by atoms with Crippen LogP contribution in [0.5, 0.6) is 0 Å². The van der Waals surface area contributed by atoms with Crippen molar-refractivity contribution in [2.75, 3.05) is 19.8 Å². The van der Waals surface area contributed by atoms with Gasteiger partial charge < -0.3 is 0 Å². The van der Waals surface area contributed by atoms with Gasteiger partial charge in [-0.3, -0.25) is 13.6 Å². The van der Waals surface area contributed by atoms with Crippen LogP contribution in [0.4, 0.5) is 0 Å². The Bertz CT molecular complexity index is 219. The maximum Gasteiger partial charge on any atom is 0.474 e. The van der Waals surface area contributed by atoms with Gasteiger partial charge in [-0.2, -0.15) is 0 Å². The van der Waals surface area contributed by atoms with Gasteiger partial charge in [0.15, 0.2) is 0 Å². The average Bonchev–Trinajstić information content (AvgIpc) is 2.07. The molecule has 5 heteroatoms. The molecule has 2 bridgehead atoms. The van der Waals surface area contributed by atoms with Crippen LogP contribution in [0.15, 0.2) is 0 Å². The zero-order valence-corrected chi connectivity index (χ0v) is 8.88. The topological polar surface area (TPSA) is 44.8 Å². The molecule has 0 radical (unpaired) electrons. The van der Waals surface area contributed by atoms with Crippen molar-refractivity contribution in [1.29, 1.82) is 0 Å². The summed E-state index contributed by atoms with van der Waals surface area (Å²) in [5, 5.41) is 0. The molecule has 4 nitrogen and oxygen atoms in total. The second kappa shape index (κ2) is 3.06. The average molecular weight is 206 g/mol. The van der Waals surface area contributed by atoms with Crippen LogP contribution in [0.2, 0.25) is 0 Å². The highest BCUT2D eigenvalue weighted by molar-refractivity contribution is 7.48. The molecule has 0 aromatic heterocycles. The first-order valence-electron chi connectivity index (χ1n) is 4.57. The lowest BCUT2D eigenvalue weighted by Crippen LogP contribution is -2.45. The molecule has 0 aromatic rings. The fourth-order valence-electron chi connectivity index (χ4n) is 1.93. The minimum absolute atomic E-state index is 0.0552. The molecule has 0 saturated carbocycles. The van der Waals surface area contributed by atoms with Gasteiger partial charge in [-0.15, -0.1) is 0 Å². The van der Waals surface area contributed by atoms with Crippen molar-refractivity contribution in [3.8, 4) is 0 Å². The summed E-state index contributed by atoms with van der Waals surface area (Å²) in [4.78, 5) is 0. The largest absolute Gasteiger partial charge is 0.474 e. The Labute approximate surface area is 78.2 Å². The summed E-state index contributed by atoms with van der Waals surface area (Å²) in [6.07, 6.45) is 0.993. The van der Waals surface area contributed by atoms with E-state index in [0.717, 1.165) is 6.42 Å². The number of hydrogen-bond acceptors (Lipinski definition) is 4. The van der Waals surface area contributed by atoms with Gasteiger partial charge in [0.1, 0.15) is 0 Å². The first-order chi connectivity index (χ1) is 6.04. The first-order valence-corrected chi connectivity index (χ1v) is 6.03. The van der Waals surface area contributed by atoms with Gasteiger partial charge in [-0.25, -0.2) is 4.57 Å². The molecule has 0 aromatic carbocycles. The zero-order chi connectivity index (χ0) is 9.53. The second-order valence-corrected chi connectivity index (χ2v) is 6.03. The molecule has 3 saturated heterocycles. The van der Waals surface area contributed by atoms with E-state index in [2.05, 4.69) is 13.8 Å². The molecule has 0 unspecified atom stereocenters. The lowest BCUT2D eigenvalue weighted by Gasteiger charge is -2.44. The van der Waals surface area contributed by atoms with Crippen molar-refractivity contribution in [2.45, 2.75) is 20.3 Å². The van der Waals surface area contributed by atoms with Crippen molar-refractivity contribution in [3.05, 3.63) is 0 Å². The van der Waals surface area contributed by atoms with Gasteiger partial charge in [0, 0.05) is 5.41 Å². The third kappa shape index (κ3) is 1.82. The van der Waals surface area contributed by atoms with Crippen molar-refractivity contribution in [1.82, 2.24) is 0 Å². The van der Waals surface area contributed by atoms with Crippen LogP contribution in [0.1, 0.15) is 20.3 Å². The summed E-state index contributed by atoms with van der Waals surface area (Å²) < 4.78 is 26.6. The van der Waals surface area contributed by atoms with Crippen molar-refractivity contribution in [3.63, 3.8) is 0 Å². The molecule has 3 aliphatic rings. The zero-order valence-electron chi connectivity index (χ0n) is 7.99. The smallest absolute Gasteiger partial charge is 0.286 e. The van der Waals surface area contributed by atoms with E-state index in [1.165, 1.54) is 0 Å². The standard InChI is InChI=1S/C8H15O4P/c1-7(2)3-8-4-10-13(9,11-5-8)12-6-8/h7H,3-6H2,1-2H3. The lowest BCUT2D eigenvalue weighted by atomic mass is 9.82. The lowest BCUT2D eigenvalue weighted by molar-refractivity contribution is -0.102. The summed E-state index contributed by atoms with van der Waals surface area (Å²) >= 11 is 0. The van der Waals surface area contributed by atoms with Gasteiger partial charge >= 0.3 is 7.82 Å². The number of fused-ring (bicyclic) bond motifs is 3. The molecule has 0 spiro atoms. The maximum atomic E-state index is 11.4. The number of rotatable bonds is 2. The summed E-state index contributed by atoms with van der Waals surface area (Å²) in [7, 11) is -3.11. The molecule has 0 atom stereocenters. The van der Waals surface area contributed by atoms with Gasteiger partial charge in [0.25, 0.3) is 0 Å². The normalized spacial score (nSPS) is 44.2. The number of phosphoric ester groups is 1. The molecule has 0 N–H and O–H groups in total. The van der Waals surface area contributed by atoms with E-state index in [-0.39, 0.29) is 5.41 Å². The summed E-state index contributed by atoms with van der Waals surface area (Å²) in [5.74, 6) is 0.575. The minimum atomic E-state index is -3.11. The molecule has 3 rings (SSSR count). The summed E-state index contributed by atoms with van der Waals surface area (Å²) in [5.41, 5.74) is -0.0552. The molecular weight excluding hydrogens is 191 g/mol. The van der Waals surface area contributed by atoms with Crippen LogP contribution in [0.25, 0.3) is 0 Å². The number of hydrogen-bond donors (Lipinski definition) is 0. The van der Waals surface area contributed by atoms with E-state index in [4.69, 9.17) is 13.6 Å². The van der Waals surface area contributed by atoms with E-state index in [1.54, 1.807) is 0 Å². The van der Waals surface area contributed by atoms with Crippen LogP contribution in [0, 0.1) is 11.3 Å². The van der Waals surface area contributed by atoms with Gasteiger partial charge in [-0.1, -0.05) is 13.8 Å². The molecule has 0 amide bonds. The summed E-state index contributed by atoms with van der Waals surface area (Å²) in [6.45, 7) is 5.85. The quantitative estimate of drug-likeness (QED) is 0.650. The Balaban J connectivity index is 2.07. The van der Waals surface area contributed by atoms with Crippen LogP contribution >= 0.6 is 7.82 Å². The van der Waals surface area contributed by atoms with Gasteiger partial charge in [0.2, 0.25) is 0 Å². The fraction of sp³-hybridized carbons (Fsp3) is 1.00. The van der Waals surface area contributed by atoms with Gasteiger partial charge in [0.05, 0.1) is 19.8 Å². The van der Waals surface area contributed by atoms with E-state index in [9.17, 15) is 4.57 Å². The molecule has 13 heavy (non-hydrogen) atoms. The molecule has 3 fully saturated rings. The highest BCUT2D eigenvalue weighted by Gasteiger charge is 2.50. The van der Waals surface area contributed by atoms with E-state index in [1.807, 2.05) is 0 Å². The SMILES string of the molecule is CC(C)CC12COP(=O)(OC1)OC2. The fourth-order valence-corrected chi connectivity index (χ4v) is 3.45. The van der Waals surface area contributed by atoms with Gasteiger partial charge in [-0.05, 0) is 12.3 Å². The molecule has 0 aliphatic carbocycles. The third-order valence-electron chi connectivity index (χ3n) is 2.43. The van der Waals surface area contributed by atoms with Crippen LogP contribution < -0.4 is 0 Å². The highest BCUT2D eigenvalue weighted by atomic mass is 31.2. The Morgan fingerprint density at radius 3 is 2.08 bits per heavy atom. The Morgan fingerprint density at radius 1 is 1.23 bits per heavy atom. The predicted molar refractivity (Wildman–Crippen MR) is 47.4 cm³/mol. The van der Waals surface area contributed by atoms with Crippen molar-refractivity contribution in [2.24, 2.45) is 11.3 Å². The van der Waals surface area contributed by atoms with Crippen molar-refractivity contribution >= 4 is 7.82 Å².